The van der Waals surface area contributed by atoms with E-state index in [0.29, 0.717) is 5.69 Å². The number of anilines is 2. The SMILES string of the molecule is CCc1cccc(NC(=O)Nc2ccccc2F)c1. The van der Waals surface area contributed by atoms with Crippen LogP contribution >= 0.6 is 0 Å². The Bertz CT molecular complexity index is 584. The lowest BCUT2D eigenvalue weighted by molar-refractivity contribution is 0.262. The number of para-hydroxylation sites is 1. The van der Waals surface area contributed by atoms with Crippen LogP contribution in [0.5, 0.6) is 0 Å². The van der Waals surface area contributed by atoms with Gasteiger partial charge in [-0.15, -0.1) is 0 Å². The largest absolute Gasteiger partial charge is 0.323 e. The molecule has 0 aliphatic heterocycles. The van der Waals surface area contributed by atoms with Crippen LogP contribution in [0.25, 0.3) is 0 Å². The average molecular weight is 258 g/mol. The molecule has 2 amide bonds. The summed E-state index contributed by atoms with van der Waals surface area (Å²) in [5, 5.41) is 5.15. The lowest BCUT2D eigenvalue weighted by Gasteiger charge is -2.09. The summed E-state index contributed by atoms with van der Waals surface area (Å²) >= 11 is 0. The quantitative estimate of drug-likeness (QED) is 0.857. The fraction of sp³-hybridized carbons (Fsp3) is 0.133. The van der Waals surface area contributed by atoms with E-state index in [-0.39, 0.29) is 5.69 Å². The van der Waals surface area contributed by atoms with Gasteiger partial charge in [0.15, 0.2) is 0 Å². The van der Waals surface area contributed by atoms with Crippen LogP contribution in [0.1, 0.15) is 12.5 Å². The molecule has 2 N–H and O–H groups in total. The molecular weight excluding hydrogens is 243 g/mol. The van der Waals surface area contributed by atoms with E-state index in [1.54, 1.807) is 18.2 Å². The van der Waals surface area contributed by atoms with Gasteiger partial charge in [0, 0.05) is 5.69 Å². The first-order valence-corrected chi connectivity index (χ1v) is 6.10. The molecule has 0 fully saturated rings. The van der Waals surface area contributed by atoms with Crippen LogP contribution in [0.2, 0.25) is 0 Å². The first-order valence-electron chi connectivity index (χ1n) is 6.10. The van der Waals surface area contributed by atoms with Crippen LogP contribution in [-0.2, 0) is 6.42 Å². The zero-order valence-corrected chi connectivity index (χ0v) is 10.6. The maximum atomic E-state index is 13.4. The van der Waals surface area contributed by atoms with Gasteiger partial charge in [-0.2, -0.15) is 0 Å². The molecule has 2 aromatic carbocycles. The van der Waals surface area contributed by atoms with Crippen molar-refractivity contribution in [2.75, 3.05) is 10.6 Å². The Balaban J connectivity index is 2.03. The molecule has 4 heteroatoms. The van der Waals surface area contributed by atoms with Gasteiger partial charge >= 0.3 is 6.03 Å². The number of nitrogens with one attached hydrogen (secondary N) is 2. The highest BCUT2D eigenvalue weighted by Crippen LogP contribution is 2.14. The third-order valence-corrected chi connectivity index (χ3v) is 2.72. The summed E-state index contributed by atoms with van der Waals surface area (Å²) < 4.78 is 13.4. The lowest BCUT2D eigenvalue weighted by atomic mass is 10.1. The molecule has 19 heavy (non-hydrogen) atoms. The molecule has 0 aromatic heterocycles. The number of hydrogen-bond acceptors (Lipinski definition) is 1. The standard InChI is InChI=1S/C15H15FN2O/c1-2-11-6-5-7-12(10-11)17-15(19)18-14-9-4-3-8-13(14)16/h3-10H,2H2,1H3,(H2,17,18,19). The molecule has 2 rings (SSSR count). The number of halogens is 1. The van der Waals surface area contributed by atoms with Gasteiger partial charge in [-0.1, -0.05) is 31.2 Å². The van der Waals surface area contributed by atoms with Crippen LogP contribution in [0, 0.1) is 5.82 Å². The summed E-state index contributed by atoms with van der Waals surface area (Å²) in [6, 6.07) is 13.1. The summed E-state index contributed by atoms with van der Waals surface area (Å²) in [5.41, 5.74) is 1.98. The van der Waals surface area contributed by atoms with E-state index in [2.05, 4.69) is 10.6 Å². The molecule has 0 atom stereocenters. The Morgan fingerprint density at radius 1 is 1.11 bits per heavy atom. The van der Waals surface area contributed by atoms with Crippen molar-refractivity contribution in [3.05, 3.63) is 59.9 Å². The Morgan fingerprint density at radius 2 is 1.89 bits per heavy atom. The van der Waals surface area contributed by atoms with Crippen molar-refractivity contribution in [1.29, 1.82) is 0 Å². The maximum Gasteiger partial charge on any atom is 0.323 e. The smallest absolute Gasteiger partial charge is 0.308 e. The van der Waals surface area contributed by atoms with Gasteiger partial charge in [0.1, 0.15) is 5.82 Å². The zero-order chi connectivity index (χ0) is 13.7. The number of benzene rings is 2. The minimum absolute atomic E-state index is 0.159. The molecule has 0 saturated heterocycles. The van der Waals surface area contributed by atoms with Crippen LogP contribution in [-0.4, -0.2) is 6.03 Å². The second-order valence-electron chi connectivity index (χ2n) is 4.11. The van der Waals surface area contributed by atoms with Crippen molar-refractivity contribution in [2.45, 2.75) is 13.3 Å². The Morgan fingerprint density at radius 3 is 2.63 bits per heavy atom. The molecule has 0 spiro atoms. The normalized spacial score (nSPS) is 10.0. The van der Waals surface area contributed by atoms with Crippen molar-refractivity contribution in [2.24, 2.45) is 0 Å². The molecule has 0 bridgehead atoms. The number of amides is 2. The molecule has 0 aliphatic rings. The monoisotopic (exact) mass is 258 g/mol. The molecule has 98 valence electrons. The van der Waals surface area contributed by atoms with E-state index in [9.17, 15) is 9.18 Å². The molecular formula is C15H15FN2O. The number of urea groups is 1. The van der Waals surface area contributed by atoms with Crippen LogP contribution in [0.4, 0.5) is 20.6 Å². The predicted octanol–water partition coefficient (Wildman–Crippen LogP) is 4.03. The highest BCUT2D eigenvalue weighted by Gasteiger charge is 2.06. The third-order valence-electron chi connectivity index (χ3n) is 2.72. The number of aryl methyl sites for hydroxylation is 1. The summed E-state index contributed by atoms with van der Waals surface area (Å²) in [6.45, 7) is 2.04. The molecule has 0 saturated carbocycles. The topological polar surface area (TPSA) is 41.1 Å². The third kappa shape index (κ3) is 3.55. The first kappa shape index (κ1) is 13.1. The van der Waals surface area contributed by atoms with E-state index < -0.39 is 11.8 Å². The number of hydrogen-bond donors (Lipinski definition) is 2. The van der Waals surface area contributed by atoms with Gasteiger partial charge in [0.05, 0.1) is 5.69 Å². The summed E-state index contributed by atoms with van der Waals surface area (Å²) in [6.07, 6.45) is 0.893. The molecule has 0 radical (unpaired) electrons. The van der Waals surface area contributed by atoms with Crippen molar-refractivity contribution < 1.29 is 9.18 Å². The number of carbonyl (C=O) groups excluding carboxylic acids is 1. The van der Waals surface area contributed by atoms with Crippen LogP contribution in [0.3, 0.4) is 0 Å². The van der Waals surface area contributed by atoms with E-state index in [0.717, 1.165) is 12.0 Å². The highest BCUT2D eigenvalue weighted by atomic mass is 19.1. The van der Waals surface area contributed by atoms with Crippen LogP contribution in [0.15, 0.2) is 48.5 Å². The molecule has 0 heterocycles. The predicted molar refractivity (Wildman–Crippen MR) is 74.9 cm³/mol. The second-order valence-corrected chi connectivity index (χ2v) is 4.11. The Labute approximate surface area is 111 Å². The van der Waals surface area contributed by atoms with Crippen molar-refractivity contribution in [3.8, 4) is 0 Å². The van der Waals surface area contributed by atoms with E-state index in [4.69, 9.17) is 0 Å². The van der Waals surface area contributed by atoms with E-state index in [1.165, 1.54) is 12.1 Å². The van der Waals surface area contributed by atoms with Gasteiger partial charge in [-0.3, -0.25) is 0 Å². The second kappa shape index (κ2) is 6.00. The fourth-order valence-corrected chi connectivity index (χ4v) is 1.72. The Hall–Kier alpha value is -2.36. The molecule has 2 aromatic rings. The van der Waals surface area contributed by atoms with Crippen molar-refractivity contribution >= 4 is 17.4 Å². The first-order chi connectivity index (χ1) is 9.19. The van der Waals surface area contributed by atoms with Gasteiger partial charge in [-0.25, -0.2) is 9.18 Å². The maximum absolute atomic E-state index is 13.4. The fourth-order valence-electron chi connectivity index (χ4n) is 1.72. The number of rotatable bonds is 3. The summed E-state index contributed by atoms with van der Waals surface area (Å²) in [7, 11) is 0. The summed E-state index contributed by atoms with van der Waals surface area (Å²) in [4.78, 5) is 11.7. The molecule has 0 aliphatic carbocycles. The van der Waals surface area contributed by atoms with Gasteiger partial charge < -0.3 is 10.6 Å². The van der Waals surface area contributed by atoms with E-state index >= 15 is 0 Å². The minimum atomic E-state index is -0.460. The Kier molecular flexibility index (Phi) is 4.13. The highest BCUT2D eigenvalue weighted by molar-refractivity contribution is 5.99. The van der Waals surface area contributed by atoms with Gasteiger partial charge in [0.2, 0.25) is 0 Å². The summed E-state index contributed by atoms with van der Waals surface area (Å²) in [5.74, 6) is -0.458. The lowest BCUT2D eigenvalue weighted by Crippen LogP contribution is -2.20. The number of carbonyl (C=O) groups is 1. The average Bonchev–Trinajstić information content (AvgIpc) is 2.41. The van der Waals surface area contributed by atoms with Crippen molar-refractivity contribution in [3.63, 3.8) is 0 Å². The zero-order valence-electron chi connectivity index (χ0n) is 10.6. The van der Waals surface area contributed by atoms with Crippen LogP contribution < -0.4 is 10.6 Å². The van der Waals surface area contributed by atoms with Gasteiger partial charge in [-0.05, 0) is 36.2 Å². The minimum Gasteiger partial charge on any atom is -0.308 e. The van der Waals surface area contributed by atoms with E-state index in [1.807, 2.05) is 25.1 Å². The molecule has 3 nitrogen and oxygen atoms in total. The van der Waals surface area contributed by atoms with Gasteiger partial charge in [0.25, 0.3) is 0 Å². The van der Waals surface area contributed by atoms with Crippen molar-refractivity contribution in [1.82, 2.24) is 0 Å². The molecule has 0 unspecified atom stereocenters.